The molecule has 4 aliphatic rings. The lowest BCUT2D eigenvalue weighted by Crippen LogP contribution is -2.54. The summed E-state index contributed by atoms with van der Waals surface area (Å²) in [6.45, 7) is 4.39. The van der Waals surface area contributed by atoms with E-state index in [9.17, 15) is 28.8 Å². The Morgan fingerprint density at radius 3 is 2.47 bits per heavy atom. The van der Waals surface area contributed by atoms with Crippen LogP contribution in [0.3, 0.4) is 0 Å². The van der Waals surface area contributed by atoms with Crippen LogP contribution in [0.1, 0.15) is 102 Å². The van der Waals surface area contributed by atoms with E-state index in [2.05, 4.69) is 16.0 Å². The topological polar surface area (TPSA) is 160 Å². The molecule has 1 atom stereocenters. The van der Waals surface area contributed by atoms with Gasteiger partial charge in [-0.15, -0.1) is 0 Å². The monoisotopic (exact) mass is 670 g/mol. The van der Waals surface area contributed by atoms with Crippen molar-refractivity contribution in [2.75, 3.05) is 19.0 Å². The number of methoxy groups -OCH3 is 1. The first-order chi connectivity index (χ1) is 23.5. The second-order valence-corrected chi connectivity index (χ2v) is 13.4. The average Bonchev–Trinajstić information content (AvgIpc) is 3.49. The Hall–Kier alpha value is -4.84. The van der Waals surface area contributed by atoms with Crippen LogP contribution in [0.5, 0.6) is 0 Å². The molecule has 2 aromatic rings. The largest absolute Gasteiger partial charge is 0.495 e. The number of aryl methyl sites for hydroxylation is 2. The van der Waals surface area contributed by atoms with Crippen molar-refractivity contribution in [2.45, 2.75) is 95.7 Å². The van der Waals surface area contributed by atoms with Crippen molar-refractivity contribution in [2.24, 2.45) is 0 Å². The minimum atomic E-state index is -1.09. The smallest absolute Gasteiger partial charge is 0.264 e. The number of benzene rings is 2. The minimum Gasteiger partial charge on any atom is -0.495 e. The first-order valence-corrected chi connectivity index (χ1v) is 17.0. The highest BCUT2D eigenvalue weighted by Crippen LogP contribution is 2.44. The Balaban J connectivity index is 1.06. The zero-order chi connectivity index (χ0) is 34.9. The second-order valence-electron chi connectivity index (χ2n) is 13.4. The van der Waals surface area contributed by atoms with Gasteiger partial charge in [-0.3, -0.25) is 39.0 Å². The number of ether oxygens (including phenoxy) is 2. The first kappa shape index (κ1) is 34.0. The van der Waals surface area contributed by atoms with Gasteiger partial charge in [-0.2, -0.15) is 0 Å². The molecule has 1 aliphatic carbocycles. The average molecular weight is 671 g/mol. The normalized spacial score (nSPS) is 23.6. The van der Waals surface area contributed by atoms with E-state index in [1.54, 1.807) is 19.2 Å². The summed E-state index contributed by atoms with van der Waals surface area (Å²) in [5.74, 6) is -2.18. The van der Waals surface area contributed by atoms with Gasteiger partial charge in [-0.25, -0.2) is 0 Å². The zero-order valence-corrected chi connectivity index (χ0v) is 28.1. The van der Waals surface area contributed by atoms with E-state index in [0.29, 0.717) is 37.2 Å². The number of carbonyl (C=O) groups excluding carboxylic acids is 6. The SMILES string of the molecule is COC1CCC2(CC1)NC(=O)C(c1cc(C)ccc1C)=C2OCCCCCC(=O)Nc1cccc2c1C(=O)N(C1CCC(=O)NC1=O)C2=O. The van der Waals surface area contributed by atoms with E-state index in [4.69, 9.17) is 9.47 Å². The lowest BCUT2D eigenvalue weighted by molar-refractivity contribution is -0.136. The summed E-state index contributed by atoms with van der Waals surface area (Å²) < 4.78 is 12.1. The molecule has 49 heavy (non-hydrogen) atoms. The maximum Gasteiger partial charge on any atom is 0.264 e. The molecular formula is C37H42N4O8. The van der Waals surface area contributed by atoms with E-state index in [1.807, 2.05) is 32.0 Å². The maximum atomic E-state index is 13.5. The molecule has 0 bridgehead atoms. The Labute approximate surface area is 285 Å². The molecule has 258 valence electrons. The Morgan fingerprint density at radius 1 is 0.959 bits per heavy atom. The van der Waals surface area contributed by atoms with Gasteiger partial charge in [0.1, 0.15) is 11.8 Å². The van der Waals surface area contributed by atoms with Gasteiger partial charge in [0.05, 0.1) is 40.6 Å². The third-order valence-corrected chi connectivity index (χ3v) is 10.1. The van der Waals surface area contributed by atoms with Crippen molar-refractivity contribution in [3.63, 3.8) is 0 Å². The Bertz CT molecular complexity index is 1760. The fourth-order valence-electron chi connectivity index (χ4n) is 7.38. The highest BCUT2D eigenvalue weighted by atomic mass is 16.5. The standard InChI is InChI=1S/C37H42N4O8/c1-21-11-12-22(2)25(20-21)31-32(37(40-34(31)45)17-15-23(48-3)16-18-37)49-19-6-4-5-10-28(42)38-26-9-7-8-24-30(26)36(47)41(35(24)46)27-13-14-29(43)39-33(27)44/h7-9,11-12,20,23,27H,4-6,10,13-19H2,1-3H3,(H,38,42)(H,40,45)(H,39,43,44). The Kier molecular flexibility index (Phi) is 9.69. The van der Waals surface area contributed by atoms with E-state index < -0.39 is 35.2 Å². The molecule has 2 aromatic carbocycles. The van der Waals surface area contributed by atoms with Crippen LogP contribution in [-0.4, -0.2) is 71.7 Å². The van der Waals surface area contributed by atoms with Crippen molar-refractivity contribution < 1.29 is 38.2 Å². The lowest BCUT2D eigenvalue weighted by atomic mass is 9.79. The highest BCUT2D eigenvalue weighted by Gasteiger charge is 2.49. The number of amides is 6. The third kappa shape index (κ3) is 6.61. The van der Waals surface area contributed by atoms with Gasteiger partial charge in [-0.05, 0) is 88.5 Å². The van der Waals surface area contributed by atoms with Gasteiger partial charge in [0.2, 0.25) is 17.7 Å². The predicted molar refractivity (Wildman–Crippen MR) is 179 cm³/mol. The summed E-state index contributed by atoms with van der Waals surface area (Å²) >= 11 is 0. The lowest BCUT2D eigenvalue weighted by Gasteiger charge is -2.38. The summed E-state index contributed by atoms with van der Waals surface area (Å²) in [7, 11) is 1.72. The van der Waals surface area contributed by atoms with Crippen LogP contribution in [-0.2, 0) is 28.7 Å². The molecule has 3 N–H and O–H groups in total. The number of fused-ring (bicyclic) bond motifs is 1. The van der Waals surface area contributed by atoms with Crippen LogP contribution < -0.4 is 16.0 Å². The van der Waals surface area contributed by atoms with Crippen LogP contribution in [0.4, 0.5) is 5.69 Å². The van der Waals surface area contributed by atoms with E-state index in [-0.39, 0.29) is 54.0 Å². The predicted octanol–water partition coefficient (Wildman–Crippen LogP) is 4.09. The zero-order valence-electron chi connectivity index (χ0n) is 28.1. The minimum absolute atomic E-state index is 0.0221. The fourth-order valence-corrected chi connectivity index (χ4v) is 7.38. The molecule has 12 nitrogen and oxygen atoms in total. The molecule has 6 rings (SSSR count). The van der Waals surface area contributed by atoms with E-state index in [0.717, 1.165) is 47.3 Å². The fraction of sp³-hybridized carbons (Fsp3) is 0.459. The van der Waals surface area contributed by atoms with Crippen molar-refractivity contribution in [3.8, 4) is 0 Å². The molecule has 1 spiro atoms. The van der Waals surface area contributed by atoms with Crippen molar-refractivity contribution >= 4 is 46.7 Å². The Morgan fingerprint density at radius 2 is 1.73 bits per heavy atom. The second kappa shape index (κ2) is 13.9. The summed E-state index contributed by atoms with van der Waals surface area (Å²) in [6.07, 6.45) is 5.40. The molecule has 1 saturated carbocycles. The summed E-state index contributed by atoms with van der Waals surface area (Å²) in [4.78, 5) is 77.7. The van der Waals surface area contributed by atoms with Crippen molar-refractivity contribution in [3.05, 3.63) is 70.0 Å². The molecule has 0 radical (unpaired) electrons. The molecule has 6 amide bonds. The van der Waals surface area contributed by atoms with Crippen LogP contribution >= 0.6 is 0 Å². The van der Waals surface area contributed by atoms with E-state index in [1.165, 1.54) is 6.07 Å². The highest BCUT2D eigenvalue weighted by molar-refractivity contribution is 6.26. The van der Waals surface area contributed by atoms with Gasteiger partial charge in [0, 0.05) is 20.0 Å². The summed E-state index contributed by atoms with van der Waals surface area (Å²) in [5.41, 5.74) is 3.32. The summed E-state index contributed by atoms with van der Waals surface area (Å²) in [5, 5.41) is 8.22. The van der Waals surface area contributed by atoms with Crippen LogP contribution in [0.15, 0.2) is 42.2 Å². The third-order valence-electron chi connectivity index (χ3n) is 10.1. The number of nitrogens with zero attached hydrogens (tertiary/aromatic N) is 1. The van der Waals surface area contributed by atoms with Gasteiger partial charge < -0.3 is 20.1 Å². The molecule has 2 fully saturated rings. The van der Waals surface area contributed by atoms with Crippen molar-refractivity contribution in [1.29, 1.82) is 0 Å². The van der Waals surface area contributed by atoms with Gasteiger partial charge >= 0.3 is 0 Å². The number of unbranched alkanes of at least 4 members (excludes halogenated alkanes) is 2. The van der Waals surface area contributed by atoms with Gasteiger partial charge in [0.25, 0.3) is 17.7 Å². The van der Waals surface area contributed by atoms with Gasteiger partial charge in [0.15, 0.2) is 0 Å². The number of rotatable bonds is 11. The van der Waals surface area contributed by atoms with Crippen molar-refractivity contribution in [1.82, 2.24) is 15.5 Å². The molecule has 12 heteroatoms. The number of piperidine rings is 1. The molecule has 1 saturated heterocycles. The van der Waals surface area contributed by atoms with Crippen LogP contribution in [0.25, 0.3) is 5.57 Å². The number of nitrogens with one attached hydrogen (secondary N) is 3. The van der Waals surface area contributed by atoms with Crippen LogP contribution in [0, 0.1) is 13.8 Å². The quantitative estimate of drug-likeness (QED) is 0.238. The van der Waals surface area contributed by atoms with Crippen LogP contribution in [0.2, 0.25) is 0 Å². The molecular weight excluding hydrogens is 628 g/mol. The molecule has 0 aromatic heterocycles. The molecule has 3 aliphatic heterocycles. The molecule has 3 heterocycles. The number of hydrogen-bond donors (Lipinski definition) is 3. The number of hydrogen-bond acceptors (Lipinski definition) is 8. The first-order valence-electron chi connectivity index (χ1n) is 17.0. The maximum absolute atomic E-state index is 13.5. The van der Waals surface area contributed by atoms with E-state index >= 15 is 0 Å². The summed E-state index contributed by atoms with van der Waals surface area (Å²) in [6, 6.07) is 9.61. The number of anilines is 1. The number of carbonyl (C=O) groups is 6. The molecule has 1 unspecified atom stereocenters. The number of imide groups is 2. The van der Waals surface area contributed by atoms with Gasteiger partial charge in [-0.1, -0.05) is 29.8 Å².